The molecule has 1 aromatic heterocycles. The van der Waals surface area contributed by atoms with Crippen LogP contribution in [0.5, 0.6) is 0 Å². The Balaban J connectivity index is 2.56. The van der Waals surface area contributed by atoms with Gasteiger partial charge in [0.1, 0.15) is 11.1 Å². The lowest BCUT2D eigenvalue weighted by molar-refractivity contribution is -0.150. The molecule has 96 valence electrons. The standard InChI is InChI=1S/C13H16N2O2S/c1-3-17-12(16)13(2)6-4-5-9-10(13)8(7-14)11(15)18-9/h3-6,15H2,1-2H3/t13-/m1/s1. The Hall–Kier alpha value is -1.54. The number of anilines is 1. The monoisotopic (exact) mass is 264 g/mol. The normalized spacial score (nSPS) is 22.1. The zero-order valence-electron chi connectivity index (χ0n) is 10.6. The summed E-state index contributed by atoms with van der Waals surface area (Å²) < 4.78 is 5.17. The highest BCUT2D eigenvalue weighted by molar-refractivity contribution is 7.16. The molecule has 0 fully saturated rings. The molecular weight excluding hydrogens is 248 g/mol. The SMILES string of the molecule is CCOC(=O)[C@]1(C)CCCc2sc(N)c(C#N)c21. The molecule has 1 heterocycles. The number of hydrogen-bond acceptors (Lipinski definition) is 5. The largest absolute Gasteiger partial charge is 0.465 e. The number of hydrogen-bond donors (Lipinski definition) is 1. The number of thiophene rings is 1. The highest BCUT2D eigenvalue weighted by Crippen LogP contribution is 2.46. The van der Waals surface area contributed by atoms with Crippen LogP contribution in [0.2, 0.25) is 0 Å². The minimum atomic E-state index is -0.719. The molecule has 4 nitrogen and oxygen atoms in total. The summed E-state index contributed by atoms with van der Waals surface area (Å²) in [7, 11) is 0. The van der Waals surface area contributed by atoms with Crippen molar-refractivity contribution in [1.82, 2.24) is 0 Å². The van der Waals surface area contributed by atoms with Crippen molar-refractivity contribution in [3.8, 4) is 6.07 Å². The lowest BCUT2D eigenvalue weighted by Crippen LogP contribution is -2.37. The molecule has 5 heteroatoms. The number of carbonyl (C=O) groups is 1. The van der Waals surface area contributed by atoms with Crippen LogP contribution >= 0.6 is 11.3 Å². The van der Waals surface area contributed by atoms with Crippen molar-refractivity contribution < 1.29 is 9.53 Å². The number of nitrogens with zero attached hydrogens (tertiary/aromatic N) is 1. The van der Waals surface area contributed by atoms with Crippen LogP contribution in [0, 0.1) is 11.3 Å². The quantitative estimate of drug-likeness (QED) is 0.832. The minimum Gasteiger partial charge on any atom is -0.465 e. The van der Waals surface area contributed by atoms with Crippen molar-refractivity contribution in [2.45, 2.75) is 38.5 Å². The Labute approximate surface area is 110 Å². The van der Waals surface area contributed by atoms with E-state index in [1.165, 1.54) is 11.3 Å². The van der Waals surface area contributed by atoms with Crippen LogP contribution in [0.4, 0.5) is 5.00 Å². The number of nitrogens with two attached hydrogens (primary N) is 1. The van der Waals surface area contributed by atoms with E-state index in [-0.39, 0.29) is 5.97 Å². The predicted molar refractivity (Wildman–Crippen MR) is 70.4 cm³/mol. The molecule has 0 amide bonds. The topological polar surface area (TPSA) is 76.1 Å². The lowest BCUT2D eigenvalue weighted by Gasteiger charge is -2.31. The molecule has 2 rings (SSSR count). The first-order chi connectivity index (χ1) is 8.54. The van der Waals surface area contributed by atoms with E-state index >= 15 is 0 Å². The number of rotatable bonds is 2. The minimum absolute atomic E-state index is 0.250. The van der Waals surface area contributed by atoms with Crippen LogP contribution in [0.3, 0.4) is 0 Å². The number of nitriles is 1. The maximum absolute atomic E-state index is 12.2. The second-order valence-corrected chi connectivity index (χ2v) is 5.79. The number of nitrogen functional groups attached to an aromatic ring is 1. The lowest BCUT2D eigenvalue weighted by atomic mass is 9.72. The fourth-order valence-electron chi connectivity index (χ4n) is 2.59. The summed E-state index contributed by atoms with van der Waals surface area (Å²) in [5, 5.41) is 9.75. The van der Waals surface area contributed by atoms with E-state index in [1.807, 2.05) is 6.92 Å². The fourth-order valence-corrected chi connectivity index (χ4v) is 3.78. The first-order valence-corrected chi connectivity index (χ1v) is 6.85. The zero-order chi connectivity index (χ0) is 13.3. The third-order valence-electron chi connectivity index (χ3n) is 3.48. The first kappa shape index (κ1) is 12.9. The Kier molecular flexibility index (Phi) is 3.31. The highest BCUT2D eigenvalue weighted by Gasteiger charge is 2.44. The van der Waals surface area contributed by atoms with Crippen LogP contribution in [0.25, 0.3) is 0 Å². The molecule has 18 heavy (non-hydrogen) atoms. The van der Waals surface area contributed by atoms with E-state index in [1.54, 1.807) is 6.92 Å². The molecule has 2 N–H and O–H groups in total. The summed E-state index contributed by atoms with van der Waals surface area (Å²) in [6, 6.07) is 2.13. The zero-order valence-corrected chi connectivity index (χ0v) is 11.4. The van der Waals surface area contributed by atoms with E-state index in [4.69, 9.17) is 10.5 Å². The van der Waals surface area contributed by atoms with Gasteiger partial charge in [0.05, 0.1) is 17.6 Å². The molecule has 0 unspecified atom stereocenters. The summed E-state index contributed by atoms with van der Waals surface area (Å²) in [6.07, 6.45) is 2.53. The summed E-state index contributed by atoms with van der Waals surface area (Å²) >= 11 is 1.43. The van der Waals surface area contributed by atoms with Gasteiger partial charge in [-0.15, -0.1) is 11.3 Å². The van der Waals surface area contributed by atoms with Crippen molar-refractivity contribution in [1.29, 1.82) is 5.26 Å². The molecule has 1 atom stereocenters. The molecule has 0 radical (unpaired) electrons. The highest BCUT2D eigenvalue weighted by atomic mass is 32.1. The maximum atomic E-state index is 12.2. The van der Waals surface area contributed by atoms with Gasteiger partial charge in [0.15, 0.2) is 0 Å². The van der Waals surface area contributed by atoms with Gasteiger partial charge in [0.2, 0.25) is 0 Å². The molecular formula is C13H16N2O2S. The Morgan fingerprint density at radius 1 is 1.67 bits per heavy atom. The van der Waals surface area contributed by atoms with Gasteiger partial charge in [-0.2, -0.15) is 5.26 Å². The Morgan fingerprint density at radius 3 is 3.00 bits per heavy atom. The van der Waals surface area contributed by atoms with Gasteiger partial charge in [-0.1, -0.05) is 0 Å². The predicted octanol–water partition coefficient (Wildman–Crippen LogP) is 2.36. The van der Waals surface area contributed by atoms with E-state index < -0.39 is 5.41 Å². The van der Waals surface area contributed by atoms with Crippen molar-refractivity contribution in [3.05, 3.63) is 16.0 Å². The molecule has 1 aromatic rings. The van der Waals surface area contributed by atoms with E-state index in [9.17, 15) is 10.1 Å². The Bertz CT molecular complexity index is 530. The van der Waals surface area contributed by atoms with Gasteiger partial charge in [-0.25, -0.2) is 0 Å². The van der Waals surface area contributed by atoms with Crippen molar-refractivity contribution in [2.24, 2.45) is 0 Å². The molecule has 0 aromatic carbocycles. The summed E-state index contributed by atoms with van der Waals surface area (Å²) in [5.74, 6) is -0.250. The van der Waals surface area contributed by atoms with Crippen molar-refractivity contribution in [2.75, 3.05) is 12.3 Å². The number of ether oxygens (including phenoxy) is 1. The smallest absolute Gasteiger partial charge is 0.316 e. The van der Waals surface area contributed by atoms with Crippen LogP contribution in [-0.2, 0) is 21.4 Å². The molecule has 0 bridgehead atoms. The third-order valence-corrected chi connectivity index (χ3v) is 4.56. The number of aryl methyl sites for hydroxylation is 1. The summed E-state index contributed by atoms with van der Waals surface area (Å²) in [5.41, 5.74) is 6.42. The summed E-state index contributed by atoms with van der Waals surface area (Å²) in [6.45, 7) is 4.00. The van der Waals surface area contributed by atoms with Crippen molar-refractivity contribution in [3.63, 3.8) is 0 Å². The van der Waals surface area contributed by atoms with Gasteiger partial charge in [0, 0.05) is 10.4 Å². The second-order valence-electron chi connectivity index (χ2n) is 4.66. The van der Waals surface area contributed by atoms with Crippen molar-refractivity contribution >= 4 is 22.3 Å². The van der Waals surface area contributed by atoms with E-state index in [0.29, 0.717) is 23.6 Å². The molecule has 0 spiro atoms. The fraction of sp³-hybridized carbons (Fsp3) is 0.538. The molecule has 0 saturated carbocycles. The molecule has 0 saturated heterocycles. The van der Waals surface area contributed by atoms with Gasteiger partial charge < -0.3 is 10.5 Å². The molecule has 1 aliphatic rings. The van der Waals surface area contributed by atoms with Gasteiger partial charge >= 0.3 is 5.97 Å². The average molecular weight is 264 g/mol. The van der Waals surface area contributed by atoms with E-state index in [0.717, 1.165) is 23.3 Å². The number of esters is 1. The van der Waals surface area contributed by atoms with Gasteiger partial charge in [-0.3, -0.25) is 4.79 Å². The number of carbonyl (C=O) groups excluding carboxylic acids is 1. The second kappa shape index (κ2) is 4.62. The summed E-state index contributed by atoms with van der Waals surface area (Å²) in [4.78, 5) is 13.3. The van der Waals surface area contributed by atoms with E-state index in [2.05, 4.69) is 6.07 Å². The molecule has 1 aliphatic carbocycles. The van der Waals surface area contributed by atoms with Crippen LogP contribution in [-0.4, -0.2) is 12.6 Å². The van der Waals surface area contributed by atoms with Gasteiger partial charge in [0.25, 0.3) is 0 Å². The number of fused-ring (bicyclic) bond motifs is 1. The van der Waals surface area contributed by atoms with Crippen LogP contribution in [0.1, 0.15) is 42.7 Å². The van der Waals surface area contributed by atoms with Crippen LogP contribution in [0.15, 0.2) is 0 Å². The van der Waals surface area contributed by atoms with Crippen LogP contribution < -0.4 is 5.73 Å². The third kappa shape index (κ3) is 1.77. The Morgan fingerprint density at radius 2 is 2.39 bits per heavy atom. The average Bonchev–Trinajstić information content (AvgIpc) is 2.66. The van der Waals surface area contributed by atoms with Gasteiger partial charge in [-0.05, 0) is 33.1 Å². The first-order valence-electron chi connectivity index (χ1n) is 6.03. The maximum Gasteiger partial charge on any atom is 0.316 e. The molecule has 0 aliphatic heterocycles.